The van der Waals surface area contributed by atoms with Crippen molar-refractivity contribution in [3.8, 4) is 11.4 Å². The van der Waals surface area contributed by atoms with E-state index in [0.29, 0.717) is 11.4 Å². The average Bonchev–Trinajstić information content (AvgIpc) is 2.87. The molecule has 19 heavy (non-hydrogen) atoms. The van der Waals surface area contributed by atoms with E-state index in [1.807, 2.05) is 0 Å². The van der Waals surface area contributed by atoms with Gasteiger partial charge in [0.15, 0.2) is 5.82 Å². The summed E-state index contributed by atoms with van der Waals surface area (Å²) < 4.78 is 1.37. The Bertz CT molecular complexity index is 584. The molecular weight excluding hydrogens is 252 g/mol. The molecule has 0 saturated heterocycles. The first kappa shape index (κ1) is 13.1. The van der Waals surface area contributed by atoms with Crippen LogP contribution in [0.5, 0.6) is 0 Å². The number of rotatable bonds is 5. The van der Waals surface area contributed by atoms with Crippen LogP contribution >= 0.6 is 0 Å². The molecule has 2 rings (SSSR count). The summed E-state index contributed by atoms with van der Waals surface area (Å²) in [6.45, 7) is -0.259. The van der Waals surface area contributed by atoms with E-state index in [1.54, 1.807) is 12.1 Å². The van der Waals surface area contributed by atoms with Gasteiger partial charge in [-0.2, -0.15) is 5.10 Å². The molecule has 0 aliphatic heterocycles. The van der Waals surface area contributed by atoms with Crippen molar-refractivity contribution in [3.05, 3.63) is 40.7 Å². The highest BCUT2D eigenvalue weighted by Crippen LogP contribution is 2.20. The Labute approximate surface area is 108 Å². The number of hydrogen-bond donors (Lipinski definition) is 2. The maximum Gasteiger partial charge on any atom is 0.270 e. The van der Waals surface area contributed by atoms with E-state index in [-0.39, 0.29) is 18.8 Å². The molecule has 8 heteroatoms. The molecule has 8 nitrogen and oxygen atoms in total. The first-order valence-corrected chi connectivity index (χ1v) is 5.53. The van der Waals surface area contributed by atoms with Crippen LogP contribution in [-0.4, -0.2) is 42.6 Å². The molecule has 1 heterocycles. The maximum atomic E-state index is 10.7. The molecule has 0 radical (unpaired) electrons. The molecule has 0 aliphatic carbocycles. The number of hydrogen-bond acceptors (Lipinski definition) is 6. The zero-order valence-electron chi connectivity index (χ0n) is 9.88. The van der Waals surface area contributed by atoms with E-state index < -0.39 is 11.0 Å². The summed E-state index contributed by atoms with van der Waals surface area (Å²) in [5, 5.41) is 32.8. The monoisotopic (exact) mass is 264 g/mol. The summed E-state index contributed by atoms with van der Waals surface area (Å²) in [6, 6.07) is 5.98. The molecular formula is C11H12N4O4. The van der Waals surface area contributed by atoms with Crippen molar-refractivity contribution in [1.29, 1.82) is 0 Å². The Hall–Kier alpha value is -2.32. The van der Waals surface area contributed by atoms with Gasteiger partial charge in [-0.25, -0.2) is 9.67 Å². The minimum absolute atomic E-state index is 0.0377. The van der Waals surface area contributed by atoms with Gasteiger partial charge in [-0.15, -0.1) is 0 Å². The van der Waals surface area contributed by atoms with Crippen molar-refractivity contribution in [2.75, 3.05) is 6.61 Å². The largest absolute Gasteiger partial charge is 0.394 e. The molecule has 1 atom stereocenters. The van der Waals surface area contributed by atoms with E-state index in [4.69, 9.17) is 5.11 Å². The van der Waals surface area contributed by atoms with Crippen molar-refractivity contribution in [2.24, 2.45) is 0 Å². The quantitative estimate of drug-likeness (QED) is 0.589. The van der Waals surface area contributed by atoms with E-state index in [1.165, 1.54) is 23.1 Å². The van der Waals surface area contributed by atoms with Gasteiger partial charge in [0.05, 0.1) is 24.2 Å². The number of non-ortho nitro benzene ring substituents is 1. The predicted octanol–water partition coefficient (Wildman–Crippen LogP) is 0.206. The van der Waals surface area contributed by atoms with Crippen LogP contribution in [0.4, 0.5) is 5.69 Å². The van der Waals surface area contributed by atoms with Crippen LogP contribution in [-0.2, 0) is 6.54 Å². The van der Waals surface area contributed by atoms with Crippen molar-refractivity contribution in [3.63, 3.8) is 0 Å². The zero-order chi connectivity index (χ0) is 13.8. The van der Waals surface area contributed by atoms with Crippen LogP contribution in [0.1, 0.15) is 0 Å². The molecule has 0 aliphatic rings. The molecule has 100 valence electrons. The van der Waals surface area contributed by atoms with Crippen molar-refractivity contribution < 1.29 is 15.1 Å². The minimum atomic E-state index is -0.917. The SMILES string of the molecule is O=[N+]([O-])c1cccc(-c2ncn(CC(O)CO)n2)c1. The molecule has 0 saturated carbocycles. The van der Waals surface area contributed by atoms with Crippen LogP contribution < -0.4 is 0 Å². The molecule has 0 fully saturated rings. The number of aliphatic hydroxyl groups excluding tert-OH is 2. The molecule has 2 N–H and O–H groups in total. The number of benzene rings is 1. The van der Waals surface area contributed by atoms with Crippen LogP contribution in [0.2, 0.25) is 0 Å². The third-order valence-corrected chi connectivity index (χ3v) is 2.46. The normalized spacial score (nSPS) is 12.3. The highest BCUT2D eigenvalue weighted by atomic mass is 16.6. The van der Waals surface area contributed by atoms with Crippen LogP contribution in [0, 0.1) is 10.1 Å². The Balaban J connectivity index is 2.22. The molecule has 0 amide bonds. The highest BCUT2D eigenvalue weighted by molar-refractivity contribution is 5.58. The van der Waals surface area contributed by atoms with Gasteiger partial charge in [-0.3, -0.25) is 10.1 Å². The third-order valence-electron chi connectivity index (χ3n) is 2.46. The summed E-state index contributed by atoms with van der Waals surface area (Å²) in [5.74, 6) is 0.328. The minimum Gasteiger partial charge on any atom is -0.394 e. The van der Waals surface area contributed by atoms with Gasteiger partial charge < -0.3 is 10.2 Å². The van der Waals surface area contributed by atoms with E-state index in [2.05, 4.69) is 10.1 Å². The number of nitrogens with zero attached hydrogens (tertiary/aromatic N) is 4. The number of nitro benzene ring substituents is 1. The lowest BCUT2D eigenvalue weighted by Gasteiger charge is -2.05. The second-order valence-corrected chi connectivity index (χ2v) is 3.93. The summed E-state index contributed by atoms with van der Waals surface area (Å²) in [4.78, 5) is 14.2. The smallest absolute Gasteiger partial charge is 0.270 e. The lowest BCUT2D eigenvalue weighted by molar-refractivity contribution is -0.384. The third kappa shape index (κ3) is 3.12. The number of aliphatic hydroxyl groups is 2. The van der Waals surface area contributed by atoms with Gasteiger partial charge in [0.25, 0.3) is 5.69 Å². The van der Waals surface area contributed by atoms with Gasteiger partial charge in [-0.05, 0) is 0 Å². The first-order valence-electron chi connectivity index (χ1n) is 5.53. The predicted molar refractivity (Wildman–Crippen MR) is 65.2 cm³/mol. The highest BCUT2D eigenvalue weighted by Gasteiger charge is 2.11. The molecule has 1 aromatic carbocycles. The molecule has 1 unspecified atom stereocenters. The lowest BCUT2D eigenvalue weighted by atomic mass is 10.2. The van der Waals surface area contributed by atoms with Crippen molar-refractivity contribution >= 4 is 5.69 Å². The Morgan fingerprint density at radius 3 is 2.95 bits per heavy atom. The van der Waals surface area contributed by atoms with Gasteiger partial charge in [0.1, 0.15) is 6.33 Å². The molecule has 2 aromatic rings. The fraction of sp³-hybridized carbons (Fsp3) is 0.273. The maximum absolute atomic E-state index is 10.7. The second kappa shape index (κ2) is 5.55. The van der Waals surface area contributed by atoms with Crippen molar-refractivity contribution in [2.45, 2.75) is 12.6 Å². The van der Waals surface area contributed by atoms with Gasteiger partial charge in [0, 0.05) is 17.7 Å². The summed E-state index contributed by atoms with van der Waals surface area (Å²) in [7, 11) is 0. The molecule has 0 bridgehead atoms. The Morgan fingerprint density at radius 2 is 2.26 bits per heavy atom. The molecule has 0 spiro atoms. The zero-order valence-corrected chi connectivity index (χ0v) is 9.88. The van der Waals surface area contributed by atoms with Gasteiger partial charge in [-0.1, -0.05) is 12.1 Å². The fourth-order valence-electron chi connectivity index (χ4n) is 1.55. The summed E-state index contributed by atoms with van der Waals surface area (Å²) >= 11 is 0. The summed E-state index contributed by atoms with van der Waals surface area (Å²) in [6.07, 6.45) is 0.479. The second-order valence-electron chi connectivity index (χ2n) is 3.93. The summed E-state index contributed by atoms with van der Waals surface area (Å²) in [5.41, 5.74) is 0.482. The van der Waals surface area contributed by atoms with E-state index >= 15 is 0 Å². The van der Waals surface area contributed by atoms with Gasteiger partial charge in [0.2, 0.25) is 0 Å². The number of nitro groups is 1. The molecule has 1 aromatic heterocycles. The lowest BCUT2D eigenvalue weighted by Crippen LogP contribution is -2.20. The van der Waals surface area contributed by atoms with E-state index in [0.717, 1.165) is 0 Å². The number of aromatic nitrogens is 3. The first-order chi connectivity index (χ1) is 9.10. The van der Waals surface area contributed by atoms with Crippen LogP contribution in [0.3, 0.4) is 0 Å². The van der Waals surface area contributed by atoms with Crippen LogP contribution in [0.15, 0.2) is 30.6 Å². The Morgan fingerprint density at radius 1 is 1.47 bits per heavy atom. The van der Waals surface area contributed by atoms with Gasteiger partial charge >= 0.3 is 0 Å². The van der Waals surface area contributed by atoms with E-state index in [9.17, 15) is 15.2 Å². The standard InChI is InChI=1S/C11H12N4O4/c16-6-10(17)5-14-7-12-11(13-14)8-2-1-3-9(4-8)15(18)19/h1-4,7,10,16-17H,5-6H2. The fourth-order valence-corrected chi connectivity index (χ4v) is 1.55. The van der Waals surface area contributed by atoms with Crippen molar-refractivity contribution in [1.82, 2.24) is 14.8 Å². The topological polar surface area (TPSA) is 114 Å². The van der Waals surface area contributed by atoms with Crippen LogP contribution in [0.25, 0.3) is 11.4 Å². The average molecular weight is 264 g/mol. The Kier molecular flexibility index (Phi) is 3.83.